The summed E-state index contributed by atoms with van der Waals surface area (Å²) in [6, 6.07) is 10.2. The zero-order chi connectivity index (χ0) is 17.1. The van der Waals surface area contributed by atoms with Crippen molar-refractivity contribution in [2.45, 2.75) is 20.4 Å². The Balaban J connectivity index is 2.16. The number of aromatic nitrogens is 1. The van der Waals surface area contributed by atoms with E-state index in [0.29, 0.717) is 16.4 Å². The van der Waals surface area contributed by atoms with Gasteiger partial charge in [0.15, 0.2) is 10.6 Å². The van der Waals surface area contributed by atoms with Gasteiger partial charge in [-0.1, -0.05) is 26.0 Å². The zero-order valence-electron chi connectivity index (χ0n) is 13.4. The van der Waals surface area contributed by atoms with E-state index in [2.05, 4.69) is 18.8 Å². The lowest BCUT2D eigenvalue weighted by Gasteiger charge is -2.10. The Bertz CT molecular complexity index is 907. The quantitative estimate of drug-likeness (QED) is 0.502. The Morgan fingerprint density at radius 1 is 1.29 bits per heavy atom. The number of benzene rings is 1. The van der Waals surface area contributed by atoms with Crippen LogP contribution in [0, 0.1) is 16.0 Å². The topological polar surface area (TPSA) is 73.6 Å². The van der Waals surface area contributed by atoms with E-state index >= 15 is 0 Å². The molecule has 0 unspecified atom stereocenters. The minimum atomic E-state index is -0.410. The summed E-state index contributed by atoms with van der Waals surface area (Å²) in [5.74, 6) is 1.16. The van der Waals surface area contributed by atoms with E-state index in [1.807, 2.05) is 22.1 Å². The van der Waals surface area contributed by atoms with E-state index in [4.69, 9.17) is 4.42 Å². The van der Waals surface area contributed by atoms with Crippen molar-refractivity contribution in [3.63, 3.8) is 0 Å². The minimum absolute atomic E-state index is 0.00143. The monoisotopic (exact) mass is 343 g/mol. The van der Waals surface area contributed by atoms with Crippen molar-refractivity contribution in [2.24, 2.45) is 10.9 Å². The Kier molecular flexibility index (Phi) is 4.61. The van der Waals surface area contributed by atoms with Gasteiger partial charge in [-0.05, 0) is 24.1 Å². The molecule has 3 rings (SSSR count). The molecular weight excluding hydrogens is 326 g/mol. The molecule has 0 saturated carbocycles. The van der Waals surface area contributed by atoms with Gasteiger partial charge >= 0.3 is 0 Å². The van der Waals surface area contributed by atoms with Crippen molar-refractivity contribution in [3.05, 3.63) is 63.0 Å². The van der Waals surface area contributed by atoms with E-state index in [1.165, 1.54) is 17.4 Å². The maximum Gasteiger partial charge on any atom is 0.294 e. The summed E-state index contributed by atoms with van der Waals surface area (Å²) in [7, 11) is 0. The van der Waals surface area contributed by atoms with Gasteiger partial charge in [0.25, 0.3) is 5.69 Å². The maximum atomic E-state index is 11.2. The predicted molar refractivity (Wildman–Crippen MR) is 93.2 cm³/mol. The van der Waals surface area contributed by atoms with Crippen LogP contribution in [0.25, 0.3) is 11.5 Å². The number of thiazole rings is 1. The number of furan rings is 1. The zero-order valence-corrected chi connectivity index (χ0v) is 14.2. The molecule has 0 N–H and O–H groups in total. The van der Waals surface area contributed by atoms with Crippen molar-refractivity contribution in [3.8, 4) is 11.5 Å². The highest BCUT2D eigenvalue weighted by Gasteiger charge is 2.15. The average molecular weight is 343 g/mol. The molecule has 2 heterocycles. The van der Waals surface area contributed by atoms with Crippen LogP contribution < -0.4 is 4.80 Å². The van der Waals surface area contributed by atoms with Crippen LogP contribution in [0.1, 0.15) is 13.8 Å². The van der Waals surface area contributed by atoms with Crippen LogP contribution in [0.4, 0.5) is 11.4 Å². The highest BCUT2D eigenvalue weighted by molar-refractivity contribution is 7.07. The van der Waals surface area contributed by atoms with Crippen molar-refractivity contribution in [2.75, 3.05) is 0 Å². The van der Waals surface area contributed by atoms with Crippen molar-refractivity contribution in [1.82, 2.24) is 4.57 Å². The van der Waals surface area contributed by atoms with Gasteiger partial charge in [-0.3, -0.25) is 10.1 Å². The number of para-hydroxylation sites is 2. The Hall–Kier alpha value is -2.67. The third-order valence-electron chi connectivity index (χ3n) is 3.41. The van der Waals surface area contributed by atoms with E-state index < -0.39 is 4.92 Å². The summed E-state index contributed by atoms with van der Waals surface area (Å²) >= 11 is 1.45. The fraction of sp³-hybridized carbons (Fsp3) is 0.235. The number of nitro benzene ring substituents is 1. The first-order valence-electron chi connectivity index (χ1n) is 7.56. The summed E-state index contributed by atoms with van der Waals surface area (Å²) in [5.41, 5.74) is 1.28. The first-order chi connectivity index (χ1) is 11.6. The molecule has 24 heavy (non-hydrogen) atoms. The second-order valence-corrected chi connectivity index (χ2v) is 6.58. The lowest BCUT2D eigenvalue weighted by Crippen LogP contribution is -2.18. The molecule has 3 aromatic rings. The summed E-state index contributed by atoms with van der Waals surface area (Å²) in [4.78, 5) is 16.0. The van der Waals surface area contributed by atoms with Gasteiger partial charge in [0.1, 0.15) is 5.69 Å². The van der Waals surface area contributed by atoms with E-state index in [0.717, 1.165) is 18.0 Å². The molecule has 0 amide bonds. The molecule has 2 aromatic heterocycles. The standard InChI is InChI=1S/C17H17N3O3S/c1-12(2)10-19-15(16-8-5-9-23-16)11-24-17(19)18-13-6-3-4-7-14(13)20(21)22/h3-9,11-12H,10H2,1-2H3. The third-order valence-corrected chi connectivity index (χ3v) is 4.28. The summed E-state index contributed by atoms with van der Waals surface area (Å²) < 4.78 is 7.55. The van der Waals surface area contributed by atoms with Crippen molar-refractivity contribution < 1.29 is 9.34 Å². The predicted octanol–water partition coefficient (Wildman–Crippen LogP) is 4.61. The number of nitrogens with zero attached hydrogens (tertiary/aromatic N) is 3. The van der Waals surface area contributed by atoms with Crippen LogP contribution >= 0.6 is 11.3 Å². The Labute approximate surface area is 142 Å². The largest absolute Gasteiger partial charge is 0.463 e. The minimum Gasteiger partial charge on any atom is -0.463 e. The second-order valence-electron chi connectivity index (χ2n) is 5.74. The van der Waals surface area contributed by atoms with E-state index in [1.54, 1.807) is 24.5 Å². The fourth-order valence-corrected chi connectivity index (χ4v) is 3.31. The van der Waals surface area contributed by atoms with Crippen molar-refractivity contribution in [1.29, 1.82) is 0 Å². The van der Waals surface area contributed by atoms with Crippen LogP contribution in [-0.4, -0.2) is 9.49 Å². The first kappa shape index (κ1) is 16.2. The van der Waals surface area contributed by atoms with Gasteiger partial charge in [-0.2, -0.15) is 0 Å². The van der Waals surface area contributed by atoms with Crippen molar-refractivity contribution >= 4 is 22.7 Å². The number of nitro groups is 1. The molecule has 0 saturated heterocycles. The third kappa shape index (κ3) is 3.30. The van der Waals surface area contributed by atoms with Gasteiger partial charge in [0, 0.05) is 18.0 Å². The molecule has 6 nitrogen and oxygen atoms in total. The average Bonchev–Trinajstić information content (AvgIpc) is 3.18. The van der Waals surface area contributed by atoms with Gasteiger partial charge in [0.2, 0.25) is 0 Å². The molecule has 0 atom stereocenters. The van der Waals surface area contributed by atoms with Crippen LogP contribution in [0.15, 0.2) is 57.5 Å². The Morgan fingerprint density at radius 2 is 2.08 bits per heavy atom. The molecule has 7 heteroatoms. The molecule has 0 aliphatic rings. The van der Waals surface area contributed by atoms with E-state index in [-0.39, 0.29) is 5.69 Å². The fourth-order valence-electron chi connectivity index (χ4n) is 2.40. The molecule has 0 aliphatic heterocycles. The van der Waals surface area contributed by atoms with Crippen LogP contribution in [0.5, 0.6) is 0 Å². The maximum absolute atomic E-state index is 11.2. The lowest BCUT2D eigenvalue weighted by molar-refractivity contribution is -0.384. The highest BCUT2D eigenvalue weighted by atomic mass is 32.1. The van der Waals surface area contributed by atoms with Gasteiger partial charge in [-0.25, -0.2) is 4.99 Å². The normalized spacial score (nSPS) is 12.0. The number of hydrogen-bond acceptors (Lipinski definition) is 5. The second kappa shape index (κ2) is 6.84. The molecule has 0 aliphatic carbocycles. The number of hydrogen-bond donors (Lipinski definition) is 0. The molecule has 124 valence electrons. The summed E-state index contributed by atoms with van der Waals surface area (Å²) in [6.07, 6.45) is 1.63. The lowest BCUT2D eigenvalue weighted by atomic mass is 10.2. The number of rotatable bonds is 5. The van der Waals surface area contributed by atoms with Crippen LogP contribution in [0.2, 0.25) is 0 Å². The van der Waals surface area contributed by atoms with E-state index in [9.17, 15) is 10.1 Å². The molecule has 0 spiro atoms. The SMILES string of the molecule is CC(C)Cn1c(-c2ccco2)csc1=Nc1ccccc1[N+](=O)[O-]. The molecule has 0 fully saturated rings. The van der Waals surface area contributed by atoms with Gasteiger partial charge in [0.05, 0.1) is 16.9 Å². The Morgan fingerprint density at radius 3 is 2.75 bits per heavy atom. The first-order valence-corrected chi connectivity index (χ1v) is 8.44. The van der Waals surface area contributed by atoms with Crippen LogP contribution in [-0.2, 0) is 6.54 Å². The van der Waals surface area contributed by atoms with Gasteiger partial charge in [-0.15, -0.1) is 11.3 Å². The van der Waals surface area contributed by atoms with Gasteiger partial charge < -0.3 is 8.98 Å². The smallest absolute Gasteiger partial charge is 0.294 e. The molecule has 0 bridgehead atoms. The molecule has 1 aromatic carbocycles. The molecule has 0 radical (unpaired) electrons. The summed E-state index contributed by atoms with van der Waals surface area (Å²) in [5, 5.41) is 13.2. The van der Waals surface area contributed by atoms with Crippen LogP contribution in [0.3, 0.4) is 0 Å². The molecular formula is C17H17N3O3S. The summed E-state index contributed by atoms with van der Waals surface area (Å²) in [6.45, 7) is 4.98. The highest BCUT2D eigenvalue weighted by Crippen LogP contribution is 2.27.